The number of aromatic nitrogens is 1. The van der Waals surface area contributed by atoms with Crippen molar-refractivity contribution in [2.75, 3.05) is 6.54 Å². The van der Waals surface area contributed by atoms with Gasteiger partial charge >= 0.3 is 0 Å². The smallest absolute Gasteiger partial charge is 0.246 e. The fraction of sp³-hybridized carbons (Fsp3) is 0.333. The lowest BCUT2D eigenvalue weighted by Gasteiger charge is -2.48. The molecule has 4 aromatic rings. The van der Waals surface area contributed by atoms with Gasteiger partial charge in [0.15, 0.2) is 0 Å². The first-order valence-corrected chi connectivity index (χ1v) is 13.8. The summed E-state index contributed by atoms with van der Waals surface area (Å²) in [5, 5.41) is 1.14. The van der Waals surface area contributed by atoms with Crippen LogP contribution in [0.25, 0.3) is 10.9 Å². The Balaban J connectivity index is 1.36. The van der Waals surface area contributed by atoms with E-state index in [2.05, 4.69) is 74.3 Å². The van der Waals surface area contributed by atoms with Gasteiger partial charge < -0.3 is 14.8 Å². The lowest BCUT2D eigenvalue weighted by atomic mass is 9.85. The molecule has 0 spiro atoms. The molecule has 0 bridgehead atoms. The zero-order valence-electron chi connectivity index (χ0n) is 22.4. The molecule has 1 saturated heterocycles. The Bertz CT molecular complexity index is 1470. The summed E-state index contributed by atoms with van der Waals surface area (Å²) in [6, 6.07) is 26.3. The quantitative estimate of drug-likeness (QED) is 0.350. The Morgan fingerprint density at radius 1 is 0.895 bits per heavy atom. The molecule has 1 aromatic heterocycles. The minimum atomic E-state index is -0.503. The zero-order valence-corrected chi connectivity index (χ0v) is 22.4. The summed E-state index contributed by atoms with van der Waals surface area (Å²) in [7, 11) is 0. The summed E-state index contributed by atoms with van der Waals surface area (Å²) < 4.78 is 0. The molecular weight excluding hydrogens is 470 g/mol. The second-order valence-electron chi connectivity index (χ2n) is 11.1. The molecule has 6 rings (SSSR count). The molecule has 194 valence electrons. The molecule has 2 aliphatic rings. The number of hydrogen-bond acceptors (Lipinski definition) is 2. The van der Waals surface area contributed by atoms with E-state index in [1.165, 1.54) is 11.1 Å². The minimum absolute atomic E-state index is 0.0121. The molecule has 5 heteroatoms. The minimum Gasteiger partial charge on any atom is -0.356 e. The summed E-state index contributed by atoms with van der Waals surface area (Å²) in [4.78, 5) is 35.2. The number of hydrogen-bond donors (Lipinski definition) is 1. The van der Waals surface area contributed by atoms with Gasteiger partial charge in [0.25, 0.3) is 0 Å². The monoisotopic (exact) mass is 505 g/mol. The predicted molar refractivity (Wildman–Crippen MR) is 151 cm³/mol. The topological polar surface area (TPSA) is 56.4 Å². The van der Waals surface area contributed by atoms with Gasteiger partial charge in [0.2, 0.25) is 11.8 Å². The van der Waals surface area contributed by atoms with Crippen LogP contribution in [-0.2, 0) is 22.4 Å². The predicted octanol–water partition coefficient (Wildman–Crippen LogP) is 6.00. The van der Waals surface area contributed by atoms with Crippen LogP contribution < -0.4 is 0 Å². The number of carbonyl (C=O) groups excluding carboxylic acids is 2. The summed E-state index contributed by atoms with van der Waals surface area (Å²) in [5.74, 6) is 0.504. The van der Waals surface area contributed by atoms with Gasteiger partial charge in [-0.25, -0.2) is 0 Å². The second kappa shape index (κ2) is 9.79. The number of H-pyrrole nitrogens is 1. The number of nitrogens with one attached hydrogen (secondary N) is 1. The second-order valence-corrected chi connectivity index (χ2v) is 11.1. The Labute approximate surface area is 224 Å². The van der Waals surface area contributed by atoms with Crippen LogP contribution in [0.15, 0.2) is 78.9 Å². The van der Waals surface area contributed by atoms with Crippen LogP contribution in [0.3, 0.4) is 0 Å². The molecule has 3 aromatic carbocycles. The summed E-state index contributed by atoms with van der Waals surface area (Å²) in [5.41, 5.74) is 6.79. The molecule has 0 radical (unpaired) electrons. The normalized spacial score (nSPS) is 20.1. The van der Waals surface area contributed by atoms with Crippen molar-refractivity contribution in [3.05, 3.63) is 107 Å². The van der Waals surface area contributed by atoms with Crippen molar-refractivity contribution in [2.24, 2.45) is 0 Å². The van der Waals surface area contributed by atoms with Crippen molar-refractivity contribution < 1.29 is 9.59 Å². The number of carbonyl (C=O) groups is 2. The molecule has 1 fully saturated rings. The highest BCUT2D eigenvalue weighted by molar-refractivity contribution is 5.97. The van der Waals surface area contributed by atoms with E-state index in [1.807, 2.05) is 40.1 Å². The van der Waals surface area contributed by atoms with E-state index >= 15 is 0 Å². The number of aryl methyl sites for hydroxylation is 1. The molecule has 0 saturated carbocycles. The maximum absolute atomic E-state index is 14.1. The van der Waals surface area contributed by atoms with Gasteiger partial charge in [0, 0.05) is 29.1 Å². The van der Waals surface area contributed by atoms with Crippen molar-refractivity contribution in [1.29, 1.82) is 0 Å². The average molecular weight is 506 g/mol. The molecule has 0 unspecified atom stereocenters. The van der Waals surface area contributed by atoms with Crippen molar-refractivity contribution in [1.82, 2.24) is 14.8 Å². The maximum Gasteiger partial charge on any atom is 0.246 e. The average Bonchev–Trinajstić information content (AvgIpc) is 3.31. The van der Waals surface area contributed by atoms with E-state index in [4.69, 9.17) is 0 Å². The number of nitrogens with zero attached hydrogens (tertiary/aromatic N) is 2. The summed E-state index contributed by atoms with van der Waals surface area (Å²) in [6.07, 6.45) is 2.24. The summed E-state index contributed by atoms with van der Waals surface area (Å²) >= 11 is 0. The van der Waals surface area contributed by atoms with Crippen molar-refractivity contribution in [3.63, 3.8) is 0 Å². The van der Waals surface area contributed by atoms with Gasteiger partial charge in [-0.3, -0.25) is 9.59 Å². The largest absolute Gasteiger partial charge is 0.356 e. The molecule has 3 heterocycles. The van der Waals surface area contributed by atoms with Crippen LogP contribution in [0.5, 0.6) is 0 Å². The first kappa shape index (κ1) is 24.5. The molecule has 2 amide bonds. The van der Waals surface area contributed by atoms with Crippen LogP contribution in [0.1, 0.15) is 67.1 Å². The fourth-order valence-electron chi connectivity index (χ4n) is 6.25. The number of amides is 2. The van der Waals surface area contributed by atoms with E-state index in [0.29, 0.717) is 12.3 Å². The van der Waals surface area contributed by atoms with E-state index in [0.717, 1.165) is 40.6 Å². The Morgan fingerprint density at radius 2 is 1.61 bits per heavy atom. The molecular formula is C33H35N3O2. The number of rotatable bonds is 6. The van der Waals surface area contributed by atoms with Crippen LogP contribution in [0.2, 0.25) is 0 Å². The van der Waals surface area contributed by atoms with Gasteiger partial charge in [0.05, 0.1) is 6.04 Å². The lowest BCUT2D eigenvalue weighted by Crippen LogP contribution is -2.64. The molecule has 3 atom stereocenters. The van der Waals surface area contributed by atoms with Gasteiger partial charge in [-0.2, -0.15) is 0 Å². The highest BCUT2D eigenvalue weighted by Gasteiger charge is 2.48. The number of benzene rings is 3. The van der Waals surface area contributed by atoms with E-state index < -0.39 is 6.04 Å². The standard InChI is InChI=1S/C33H35N3O2/c1-21(2)24-15-17-25(18-16-24)32-31-27(26-11-7-8-12-28(26)34-31)19-29-33(38)35(20-30(37)36(29)32)22(3)13-14-23-9-5-4-6-10-23/h4-12,15-18,21-22,29,32,34H,13-14,19-20H2,1-3H3/t22-,29+,32+/m1/s1. The van der Waals surface area contributed by atoms with Crippen LogP contribution in [-0.4, -0.2) is 45.2 Å². The number of piperazine rings is 1. The van der Waals surface area contributed by atoms with Crippen molar-refractivity contribution >= 4 is 22.7 Å². The molecule has 1 N–H and O–H groups in total. The van der Waals surface area contributed by atoms with Crippen molar-refractivity contribution in [3.8, 4) is 0 Å². The molecule has 2 aliphatic heterocycles. The van der Waals surface area contributed by atoms with Gasteiger partial charge in [-0.1, -0.05) is 86.6 Å². The third kappa shape index (κ3) is 4.20. The molecule has 0 aliphatic carbocycles. The highest BCUT2D eigenvalue weighted by atomic mass is 16.2. The molecule has 38 heavy (non-hydrogen) atoms. The van der Waals surface area contributed by atoms with Gasteiger partial charge in [0.1, 0.15) is 12.6 Å². The third-order valence-electron chi connectivity index (χ3n) is 8.44. The maximum atomic E-state index is 14.1. The third-order valence-corrected chi connectivity index (χ3v) is 8.44. The lowest BCUT2D eigenvalue weighted by molar-refractivity contribution is -0.160. The first-order chi connectivity index (χ1) is 18.4. The van der Waals surface area contributed by atoms with Crippen LogP contribution in [0, 0.1) is 0 Å². The zero-order chi connectivity index (χ0) is 26.4. The number of fused-ring (bicyclic) bond motifs is 4. The first-order valence-electron chi connectivity index (χ1n) is 13.8. The van der Waals surface area contributed by atoms with E-state index in [1.54, 1.807) is 0 Å². The van der Waals surface area contributed by atoms with Crippen LogP contribution >= 0.6 is 0 Å². The van der Waals surface area contributed by atoms with Crippen molar-refractivity contribution in [2.45, 2.75) is 64.1 Å². The summed E-state index contributed by atoms with van der Waals surface area (Å²) in [6.45, 7) is 6.57. The Kier molecular flexibility index (Phi) is 6.30. The highest BCUT2D eigenvalue weighted by Crippen LogP contribution is 2.43. The van der Waals surface area contributed by atoms with E-state index in [-0.39, 0.29) is 30.4 Å². The number of para-hydroxylation sites is 1. The number of aromatic amines is 1. The Morgan fingerprint density at radius 3 is 2.34 bits per heavy atom. The van der Waals surface area contributed by atoms with Crippen LogP contribution in [0.4, 0.5) is 0 Å². The molecule has 5 nitrogen and oxygen atoms in total. The van der Waals surface area contributed by atoms with Gasteiger partial charge in [-0.05, 0) is 54.0 Å². The fourth-order valence-corrected chi connectivity index (χ4v) is 6.25. The Hall–Kier alpha value is -3.86. The van der Waals surface area contributed by atoms with E-state index in [9.17, 15) is 9.59 Å². The van der Waals surface area contributed by atoms with Gasteiger partial charge in [-0.15, -0.1) is 0 Å². The SMILES string of the molecule is CC(C)c1ccc([C@H]2c3[nH]c4ccccc4c3C[C@H]3C(=O)N([C@H](C)CCc4ccccc4)CC(=O)N23)cc1.